The van der Waals surface area contributed by atoms with Gasteiger partial charge < -0.3 is 5.32 Å². The van der Waals surface area contributed by atoms with Crippen molar-refractivity contribution in [1.29, 1.82) is 0 Å². The first-order valence-electron chi connectivity index (χ1n) is 8.59. The van der Waals surface area contributed by atoms with Crippen LogP contribution in [-0.4, -0.2) is 11.7 Å². The second-order valence-corrected chi connectivity index (χ2v) is 6.41. The summed E-state index contributed by atoms with van der Waals surface area (Å²) in [6, 6.07) is 5.76. The number of hydrogen-bond donors (Lipinski definition) is 1. The van der Waals surface area contributed by atoms with Crippen molar-refractivity contribution in [2.75, 3.05) is 5.32 Å². The summed E-state index contributed by atoms with van der Waals surface area (Å²) in [5.74, 6) is 0.313. The molecule has 0 aromatic heterocycles. The van der Waals surface area contributed by atoms with Crippen LogP contribution >= 0.6 is 11.6 Å². The summed E-state index contributed by atoms with van der Waals surface area (Å²) in [7, 11) is 0. The van der Waals surface area contributed by atoms with Crippen LogP contribution in [0.15, 0.2) is 18.2 Å². The van der Waals surface area contributed by atoms with E-state index in [-0.39, 0.29) is 11.8 Å². The molecule has 0 spiro atoms. The zero-order valence-corrected chi connectivity index (χ0v) is 15.2. The smallest absolute Gasteiger partial charge is 0.227 e. The highest BCUT2D eigenvalue weighted by Gasteiger charge is 2.13. The van der Waals surface area contributed by atoms with Gasteiger partial charge in [0.15, 0.2) is 0 Å². The molecule has 0 aliphatic heterocycles. The molecule has 128 valence electrons. The summed E-state index contributed by atoms with van der Waals surface area (Å²) >= 11 is 6.42. The van der Waals surface area contributed by atoms with Crippen molar-refractivity contribution in [2.24, 2.45) is 5.92 Å². The minimum absolute atomic E-state index is 0.00429. The Kier molecular flexibility index (Phi) is 8.93. The molecule has 3 nitrogen and oxygen atoms in total. The van der Waals surface area contributed by atoms with Crippen molar-refractivity contribution < 1.29 is 9.59 Å². The Balaban J connectivity index is 2.52. The Hall–Kier alpha value is -1.35. The number of anilines is 1. The van der Waals surface area contributed by atoms with Crippen molar-refractivity contribution in [2.45, 2.75) is 65.7 Å². The molecular formula is C19H28ClNO2. The molecule has 1 unspecified atom stereocenters. The molecule has 0 aliphatic carbocycles. The lowest BCUT2D eigenvalue weighted by Crippen LogP contribution is -2.20. The standard InChI is InChI=1S/C19H28ClNO2/c1-4-14(3)19(23)21-17-13-9-11-15(18(17)20)10-7-6-8-12-16(22)5-2/h9,11,13-14H,4-8,10,12H2,1-3H3,(H,21,23). The van der Waals surface area contributed by atoms with Gasteiger partial charge in [0.1, 0.15) is 5.78 Å². The molecule has 0 aliphatic rings. The highest BCUT2D eigenvalue weighted by Crippen LogP contribution is 2.28. The average Bonchev–Trinajstić information content (AvgIpc) is 2.56. The lowest BCUT2D eigenvalue weighted by Gasteiger charge is -2.13. The van der Waals surface area contributed by atoms with Crippen molar-refractivity contribution in [3.8, 4) is 0 Å². The second-order valence-electron chi connectivity index (χ2n) is 6.03. The normalized spacial score (nSPS) is 12.0. The Morgan fingerprint density at radius 1 is 1.17 bits per heavy atom. The van der Waals surface area contributed by atoms with Crippen LogP contribution in [0.1, 0.15) is 64.9 Å². The first kappa shape index (κ1) is 19.7. The number of ketones is 1. The molecule has 1 aromatic rings. The second kappa shape index (κ2) is 10.4. The predicted molar refractivity (Wildman–Crippen MR) is 97.0 cm³/mol. The van der Waals surface area contributed by atoms with Gasteiger partial charge in [0.05, 0.1) is 10.7 Å². The van der Waals surface area contributed by atoms with Gasteiger partial charge in [-0.25, -0.2) is 0 Å². The summed E-state index contributed by atoms with van der Waals surface area (Å²) in [4.78, 5) is 23.3. The lowest BCUT2D eigenvalue weighted by atomic mass is 10.0. The van der Waals surface area contributed by atoms with Crippen LogP contribution < -0.4 is 5.32 Å². The van der Waals surface area contributed by atoms with Crippen LogP contribution in [0.25, 0.3) is 0 Å². The summed E-state index contributed by atoms with van der Waals surface area (Å²) in [5, 5.41) is 3.54. The number of Topliss-reactive ketones (excluding diaryl/α,β-unsaturated/α-hetero) is 1. The van der Waals surface area contributed by atoms with Crippen LogP contribution in [-0.2, 0) is 16.0 Å². The Bertz CT molecular complexity index is 528. The van der Waals surface area contributed by atoms with Gasteiger partial charge in [-0.15, -0.1) is 0 Å². The minimum Gasteiger partial charge on any atom is -0.325 e. The number of nitrogens with one attached hydrogen (secondary N) is 1. The molecule has 1 aromatic carbocycles. The molecular weight excluding hydrogens is 310 g/mol. The quantitative estimate of drug-likeness (QED) is 0.580. The zero-order chi connectivity index (χ0) is 17.2. The number of benzene rings is 1. The van der Waals surface area contributed by atoms with Gasteiger partial charge in [0, 0.05) is 18.8 Å². The number of carbonyl (C=O) groups is 2. The molecule has 23 heavy (non-hydrogen) atoms. The van der Waals surface area contributed by atoms with Crippen molar-refractivity contribution in [3.63, 3.8) is 0 Å². The van der Waals surface area contributed by atoms with Gasteiger partial charge >= 0.3 is 0 Å². The van der Waals surface area contributed by atoms with E-state index in [9.17, 15) is 9.59 Å². The van der Waals surface area contributed by atoms with Crippen LogP contribution in [0.2, 0.25) is 5.02 Å². The number of amides is 1. The fraction of sp³-hybridized carbons (Fsp3) is 0.579. The van der Waals surface area contributed by atoms with E-state index in [1.54, 1.807) is 0 Å². The Labute approximate surface area is 144 Å². The highest BCUT2D eigenvalue weighted by molar-refractivity contribution is 6.34. The van der Waals surface area contributed by atoms with Crippen LogP contribution in [0, 0.1) is 5.92 Å². The van der Waals surface area contributed by atoms with Gasteiger partial charge in [0.25, 0.3) is 0 Å². The van der Waals surface area contributed by atoms with Crippen LogP contribution in [0.5, 0.6) is 0 Å². The number of aryl methyl sites for hydroxylation is 1. The third-order valence-corrected chi connectivity index (χ3v) is 4.64. The van der Waals surface area contributed by atoms with Gasteiger partial charge in [0.2, 0.25) is 5.91 Å². The van der Waals surface area contributed by atoms with E-state index in [2.05, 4.69) is 5.32 Å². The summed E-state index contributed by atoms with van der Waals surface area (Å²) in [5.41, 5.74) is 1.74. The van der Waals surface area contributed by atoms with Crippen molar-refractivity contribution in [1.82, 2.24) is 0 Å². The number of carbonyl (C=O) groups excluding carboxylic acids is 2. The van der Waals surface area contributed by atoms with Gasteiger partial charge in [-0.1, -0.05) is 50.9 Å². The lowest BCUT2D eigenvalue weighted by molar-refractivity contribution is -0.120. The third-order valence-electron chi connectivity index (χ3n) is 4.19. The third kappa shape index (κ3) is 6.74. The van der Waals surface area contributed by atoms with E-state index in [1.807, 2.05) is 39.0 Å². The summed E-state index contributed by atoms with van der Waals surface area (Å²) in [6.07, 6.45) is 5.94. The molecule has 0 bridgehead atoms. The van der Waals surface area contributed by atoms with Gasteiger partial charge in [-0.2, -0.15) is 0 Å². The Morgan fingerprint density at radius 2 is 1.91 bits per heavy atom. The van der Waals surface area contributed by atoms with E-state index in [1.165, 1.54) is 0 Å². The molecule has 4 heteroatoms. The number of halogens is 1. The average molecular weight is 338 g/mol. The molecule has 0 fully saturated rings. The number of hydrogen-bond acceptors (Lipinski definition) is 2. The van der Waals surface area contributed by atoms with Crippen molar-refractivity contribution in [3.05, 3.63) is 28.8 Å². The molecule has 0 saturated carbocycles. The topological polar surface area (TPSA) is 46.2 Å². The molecule has 0 radical (unpaired) electrons. The molecule has 1 atom stereocenters. The fourth-order valence-electron chi connectivity index (χ4n) is 2.30. The Morgan fingerprint density at radius 3 is 2.57 bits per heavy atom. The molecule has 1 N–H and O–H groups in total. The van der Waals surface area contributed by atoms with E-state index < -0.39 is 0 Å². The zero-order valence-electron chi connectivity index (χ0n) is 14.5. The van der Waals surface area contributed by atoms with Crippen LogP contribution in [0.3, 0.4) is 0 Å². The van der Waals surface area contributed by atoms with Crippen molar-refractivity contribution >= 4 is 29.0 Å². The predicted octanol–water partition coefficient (Wildman–Crippen LogP) is 5.41. The highest BCUT2D eigenvalue weighted by atomic mass is 35.5. The maximum absolute atomic E-state index is 12.0. The molecule has 1 rings (SSSR count). The maximum Gasteiger partial charge on any atom is 0.227 e. The van der Waals surface area contributed by atoms with E-state index >= 15 is 0 Å². The largest absolute Gasteiger partial charge is 0.325 e. The molecule has 1 amide bonds. The SMILES string of the molecule is CCC(=O)CCCCCc1cccc(NC(=O)C(C)CC)c1Cl. The van der Waals surface area contributed by atoms with E-state index in [0.717, 1.165) is 37.7 Å². The first-order valence-corrected chi connectivity index (χ1v) is 8.97. The van der Waals surface area contributed by atoms with Crippen LogP contribution in [0.4, 0.5) is 5.69 Å². The number of rotatable bonds is 10. The van der Waals surface area contributed by atoms with Gasteiger partial charge in [-0.3, -0.25) is 9.59 Å². The minimum atomic E-state index is -0.0224. The van der Waals surface area contributed by atoms with E-state index in [0.29, 0.717) is 29.3 Å². The monoisotopic (exact) mass is 337 g/mol. The fourth-order valence-corrected chi connectivity index (χ4v) is 2.57. The number of unbranched alkanes of at least 4 members (excludes halogenated alkanes) is 2. The molecule has 0 saturated heterocycles. The van der Waals surface area contributed by atoms with E-state index in [4.69, 9.17) is 11.6 Å². The first-order chi connectivity index (χ1) is 11.0. The maximum atomic E-state index is 12.0. The molecule has 0 heterocycles. The summed E-state index contributed by atoms with van der Waals surface area (Å²) < 4.78 is 0. The summed E-state index contributed by atoms with van der Waals surface area (Å²) in [6.45, 7) is 5.80. The van der Waals surface area contributed by atoms with Gasteiger partial charge in [-0.05, 0) is 37.3 Å².